The van der Waals surface area contributed by atoms with Crippen molar-refractivity contribution in [1.82, 2.24) is 9.55 Å². The number of nitrogens with zero attached hydrogens (tertiary/aromatic N) is 1. The van der Waals surface area contributed by atoms with Gasteiger partial charge in [-0.15, -0.1) is 0 Å². The number of hydrogen-bond acceptors (Lipinski definition) is 2. The summed E-state index contributed by atoms with van der Waals surface area (Å²) in [5.41, 5.74) is 2.12. The van der Waals surface area contributed by atoms with Gasteiger partial charge in [0.25, 0.3) is 0 Å². The first-order valence-corrected chi connectivity index (χ1v) is 7.20. The maximum Gasteiger partial charge on any atom is 0.331 e. The molecule has 1 aromatic heterocycles. The molecule has 5 heteroatoms. The lowest BCUT2D eigenvalue weighted by Gasteiger charge is -2.07. The molecule has 0 aliphatic heterocycles. The van der Waals surface area contributed by atoms with Crippen LogP contribution in [-0.2, 0) is 0 Å². The zero-order valence-corrected chi connectivity index (χ0v) is 12.4. The molecule has 0 amide bonds. The van der Waals surface area contributed by atoms with Crippen molar-refractivity contribution in [1.29, 1.82) is 0 Å². The van der Waals surface area contributed by atoms with Gasteiger partial charge in [-0.05, 0) is 48.9 Å². The van der Waals surface area contributed by atoms with Gasteiger partial charge < -0.3 is 9.72 Å². The molecule has 3 rings (SSSR count). The minimum absolute atomic E-state index is 0.186. The molecule has 21 heavy (non-hydrogen) atoms. The fraction of sp³-hybridized carbons (Fsp3) is 0.188. The monoisotopic (exact) mass is 302 g/mol. The molecule has 0 saturated heterocycles. The number of rotatable bonds is 4. The van der Waals surface area contributed by atoms with Gasteiger partial charge in [-0.25, -0.2) is 4.79 Å². The summed E-state index contributed by atoms with van der Waals surface area (Å²) in [6, 6.07) is 12.8. The molecule has 0 aliphatic carbocycles. The van der Waals surface area contributed by atoms with Gasteiger partial charge in [0, 0.05) is 5.02 Å². The number of ether oxygens (including phenoxy) is 1. The first-order valence-electron chi connectivity index (χ1n) is 6.82. The molecule has 0 fully saturated rings. The maximum absolute atomic E-state index is 12.1. The second kappa shape index (κ2) is 5.66. The van der Waals surface area contributed by atoms with Crippen molar-refractivity contribution in [3.05, 3.63) is 58.0 Å². The van der Waals surface area contributed by atoms with Crippen molar-refractivity contribution in [2.75, 3.05) is 6.61 Å². The predicted molar refractivity (Wildman–Crippen MR) is 84.7 cm³/mol. The third-order valence-electron chi connectivity index (χ3n) is 3.21. The molecule has 0 radical (unpaired) electrons. The zero-order chi connectivity index (χ0) is 14.8. The topological polar surface area (TPSA) is 47.0 Å². The molecular weight excluding hydrogens is 288 g/mol. The van der Waals surface area contributed by atoms with Crippen molar-refractivity contribution >= 4 is 22.6 Å². The summed E-state index contributed by atoms with van der Waals surface area (Å²) in [7, 11) is 0. The van der Waals surface area contributed by atoms with Crippen LogP contribution in [0.5, 0.6) is 5.75 Å². The highest BCUT2D eigenvalue weighted by molar-refractivity contribution is 6.31. The Bertz CT molecular complexity index is 818. The maximum atomic E-state index is 12.1. The van der Waals surface area contributed by atoms with Crippen LogP contribution in [0.3, 0.4) is 0 Å². The van der Waals surface area contributed by atoms with Gasteiger partial charge >= 0.3 is 5.69 Å². The molecular formula is C16H15ClN2O2. The third-order valence-corrected chi connectivity index (χ3v) is 3.45. The third kappa shape index (κ3) is 2.67. The van der Waals surface area contributed by atoms with Gasteiger partial charge in [-0.1, -0.05) is 18.5 Å². The predicted octanol–water partition coefficient (Wildman–Crippen LogP) is 3.76. The molecule has 108 valence electrons. The lowest BCUT2D eigenvalue weighted by Crippen LogP contribution is -2.14. The Balaban J connectivity index is 2.04. The van der Waals surface area contributed by atoms with E-state index in [1.807, 2.05) is 30.3 Å². The minimum Gasteiger partial charge on any atom is -0.494 e. The van der Waals surface area contributed by atoms with E-state index in [0.717, 1.165) is 28.9 Å². The number of aromatic amines is 1. The molecule has 3 aromatic rings. The highest BCUT2D eigenvalue weighted by atomic mass is 35.5. The number of H-pyrrole nitrogens is 1. The number of halogens is 1. The number of imidazole rings is 1. The second-order valence-electron chi connectivity index (χ2n) is 4.77. The lowest BCUT2D eigenvalue weighted by atomic mass is 10.2. The Morgan fingerprint density at radius 1 is 1.19 bits per heavy atom. The molecule has 0 saturated carbocycles. The number of aromatic nitrogens is 2. The van der Waals surface area contributed by atoms with Crippen LogP contribution < -0.4 is 10.4 Å². The van der Waals surface area contributed by atoms with Crippen LogP contribution in [-0.4, -0.2) is 16.2 Å². The average molecular weight is 303 g/mol. The van der Waals surface area contributed by atoms with Crippen molar-refractivity contribution in [2.24, 2.45) is 0 Å². The standard InChI is InChI=1S/C16H15ClN2O2/c1-2-9-21-13-6-4-12(5-7-13)19-15-8-3-11(17)10-14(15)18-16(19)20/h3-8,10H,2,9H2,1H3,(H,18,20). The summed E-state index contributed by atoms with van der Waals surface area (Å²) in [4.78, 5) is 14.9. The van der Waals surface area contributed by atoms with E-state index in [9.17, 15) is 4.79 Å². The van der Waals surface area contributed by atoms with Crippen LogP contribution in [0.4, 0.5) is 0 Å². The van der Waals surface area contributed by atoms with Crippen LogP contribution in [0.25, 0.3) is 16.7 Å². The SMILES string of the molecule is CCCOc1ccc(-n2c(=O)[nH]c3cc(Cl)ccc32)cc1. The molecule has 0 aliphatic rings. The summed E-state index contributed by atoms with van der Waals surface area (Å²) in [6.45, 7) is 2.75. The van der Waals surface area contributed by atoms with E-state index >= 15 is 0 Å². The fourth-order valence-corrected chi connectivity index (χ4v) is 2.42. The summed E-state index contributed by atoms with van der Waals surface area (Å²) >= 11 is 5.95. The Kier molecular flexibility index (Phi) is 3.71. The molecule has 1 heterocycles. The number of benzene rings is 2. The molecule has 0 unspecified atom stereocenters. The molecule has 0 atom stereocenters. The van der Waals surface area contributed by atoms with Crippen molar-refractivity contribution in [3.8, 4) is 11.4 Å². The van der Waals surface area contributed by atoms with E-state index in [1.165, 1.54) is 0 Å². The van der Waals surface area contributed by atoms with Gasteiger partial charge in [0.2, 0.25) is 0 Å². The normalized spacial score (nSPS) is 11.0. The number of hydrogen-bond donors (Lipinski definition) is 1. The molecule has 4 nitrogen and oxygen atoms in total. The first kappa shape index (κ1) is 13.8. The lowest BCUT2D eigenvalue weighted by molar-refractivity contribution is 0.317. The Morgan fingerprint density at radius 3 is 2.67 bits per heavy atom. The number of nitrogens with one attached hydrogen (secondary N) is 1. The van der Waals surface area contributed by atoms with Crippen molar-refractivity contribution in [2.45, 2.75) is 13.3 Å². The van der Waals surface area contributed by atoms with Crippen LogP contribution in [0, 0.1) is 0 Å². The smallest absolute Gasteiger partial charge is 0.331 e. The largest absolute Gasteiger partial charge is 0.494 e. The average Bonchev–Trinajstić information content (AvgIpc) is 2.80. The molecule has 0 bridgehead atoms. The van der Waals surface area contributed by atoms with Gasteiger partial charge in [0.15, 0.2) is 0 Å². The van der Waals surface area contributed by atoms with E-state index in [0.29, 0.717) is 11.6 Å². The van der Waals surface area contributed by atoms with Crippen LogP contribution in [0.15, 0.2) is 47.3 Å². The quantitative estimate of drug-likeness (QED) is 0.797. The first-order chi connectivity index (χ1) is 10.2. The fourth-order valence-electron chi connectivity index (χ4n) is 2.25. The van der Waals surface area contributed by atoms with E-state index in [4.69, 9.17) is 16.3 Å². The summed E-state index contributed by atoms with van der Waals surface area (Å²) in [6.07, 6.45) is 0.963. The Hall–Kier alpha value is -2.20. The van der Waals surface area contributed by atoms with E-state index in [-0.39, 0.29) is 5.69 Å². The van der Waals surface area contributed by atoms with Crippen LogP contribution >= 0.6 is 11.6 Å². The second-order valence-corrected chi connectivity index (χ2v) is 5.21. The molecule has 0 spiro atoms. The van der Waals surface area contributed by atoms with Gasteiger partial charge in [-0.2, -0.15) is 0 Å². The van der Waals surface area contributed by atoms with Gasteiger partial charge in [0.05, 0.1) is 23.3 Å². The summed E-state index contributed by atoms with van der Waals surface area (Å²) in [5.74, 6) is 0.802. The van der Waals surface area contributed by atoms with Gasteiger partial charge in [0.1, 0.15) is 5.75 Å². The minimum atomic E-state index is -0.186. The molecule has 2 aromatic carbocycles. The van der Waals surface area contributed by atoms with Crippen molar-refractivity contribution < 1.29 is 4.74 Å². The Morgan fingerprint density at radius 2 is 1.95 bits per heavy atom. The van der Waals surface area contributed by atoms with Crippen LogP contribution in [0.2, 0.25) is 5.02 Å². The summed E-state index contributed by atoms with van der Waals surface area (Å²) in [5, 5.41) is 0.596. The molecule has 1 N–H and O–H groups in total. The summed E-state index contributed by atoms with van der Waals surface area (Å²) < 4.78 is 7.17. The highest BCUT2D eigenvalue weighted by Gasteiger charge is 2.09. The zero-order valence-electron chi connectivity index (χ0n) is 11.6. The van der Waals surface area contributed by atoms with E-state index < -0.39 is 0 Å². The van der Waals surface area contributed by atoms with Crippen LogP contribution in [0.1, 0.15) is 13.3 Å². The highest BCUT2D eigenvalue weighted by Crippen LogP contribution is 2.21. The number of fused-ring (bicyclic) bond motifs is 1. The Labute approximate surface area is 126 Å². The van der Waals surface area contributed by atoms with E-state index in [1.54, 1.807) is 16.7 Å². The van der Waals surface area contributed by atoms with Gasteiger partial charge in [-0.3, -0.25) is 4.57 Å². The van der Waals surface area contributed by atoms with Crippen molar-refractivity contribution in [3.63, 3.8) is 0 Å². The van der Waals surface area contributed by atoms with E-state index in [2.05, 4.69) is 11.9 Å².